The average Bonchev–Trinajstić information content (AvgIpc) is 2.40. The number of para-hydroxylation sites is 2. The van der Waals surface area contributed by atoms with Crippen molar-refractivity contribution >= 4 is 17.4 Å². The molecule has 2 aromatic carbocycles. The highest BCUT2D eigenvalue weighted by Gasteiger charge is 2.12. The number of nitrogens with zero attached hydrogens (tertiary/aromatic N) is 1. The Morgan fingerprint density at radius 1 is 0.941 bits per heavy atom. The second-order valence-electron chi connectivity index (χ2n) is 3.44. The lowest BCUT2D eigenvalue weighted by Crippen LogP contribution is -2.31. The van der Waals surface area contributed by atoms with Crippen LogP contribution in [0.4, 0.5) is 16.2 Å². The fourth-order valence-electron chi connectivity index (χ4n) is 1.38. The Labute approximate surface area is 99.1 Å². The van der Waals surface area contributed by atoms with Gasteiger partial charge in [-0.3, -0.25) is 5.21 Å². The van der Waals surface area contributed by atoms with E-state index in [0.29, 0.717) is 16.4 Å². The van der Waals surface area contributed by atoms with Crippen molar-refractivity contribution in [3.63, 3.8) is 0 Å². The largest absolute Gasteiger partial charge is 0.350 e. The normalized spacial score (nSPS) is 9.71. The third-order valence-corrected chi connectivity index (χ3v) is 2.22. The SMILES string of the molecule is O=C(Nc1ccccc1)N(O)c1ccccc1. The van der Waals surface area contributed by atoms with E-state index in [-0.39, 0.29) is 0 Å². The fraction of sp³-hybridized carbons (Fsp3) is 0. The van der Waals surface area contributed by atoms with Crippen LogP contribution in [0.3, 0.4) is 0 Å². The zero-order chi connectivity index (χ0) is 12.1. The molecule has 4 nitrogen and oxygen atoms in total. The van der Waals surface area contributed by atoms with E-state index in [1.54, 1.807) is 48.5 Å². The molecule has 0 aliphatic carbocycles. The van der Waals surface area contributed by atoms with Gasteiger partial charge in [-0.25, -0.2) is 4.79 Å². The molecule has 0 bridgehead atoms. The Balaban J connectivity index is 2.06. The summed E-state index contributed by atoms with van der Waals surface area (Å²) in [5.74, 6) is 0. The summed E-state index contributed by atoms with van der Waals surface area (Å²) in [6.07, 6.45) is 0. The standard InChI is InChI=1S/C13H12N2O2/c16-13(14-11-7-3-1-4-8-11)15(17)12-9-5-2-6-10-12/h1-10,17H,(H,14,16). The average molecular weight is 228 g/mol. The van der Waals surface area contributed by atoms with Crippen molar-refractivity contribution < 1.29 is 10.0 Å². The number of hydrogen-bond acceptors (Lipinski definition) is 2. The number of hydrogen-bond donors (Lipinski definition) is 2. The van der Waals surface area contributed by atoms with Crippen LogP contribution in [0.1, 0.15) is 0 Å². The first-order valence-electron chi connectivity index (χ1n) is 5.17. The molecule has 0 aliphatic rings. The maximum atomic E-state index is 11.7. The number of carbonyl (C=O) groups is 1. The molecule has 2 aromatic rings. The van der Waals surface area contributed by atoms with Crippen LogP contribution in [0, 0.1) is 0 Å². The Hall–Kier alpha value is -2.33. The van der Waals surface area contributed by atoms with Gasteiger partial charge in [0.25, 0.3) is 0 Å². The molecule has 0 fully saturated rings. The lowest BCUT2D eigenvalue weighted by atomic mass is 10.3. The summed E-state index contributed by atoms with van der Waals surface area (Å²) in [5.41, 5.74) is 1.05. The first kappa shape index (κ1) is 11.2. The quantitative estimate of drug-likeness (QED) is 0.613. The van der Waals surface area contributed by atoms with Crippen LogP contribution in [0.2, 0.25) is 0 Å². The summed E-state index contributed by atoms with van der Waals surface area (Å²) in [4.78, 5) is 11.7. The lowest BCUT2D eigenvalue weighted by Gasteiger charge is -2.15. The lowest BCUT2D eigenvalue weighted by molar-refractivity contribution is 0.216. The van der Waals surface area contributed by atoms with Crippen LogP contribution in [0.25, 0.3) is 0 Å². The molecule has 0 aliphatic heterocycles. The predicted octanol–water partition coefficient (Wildman–Crippen LogP) is 3.11. The van der Waals surface area contributed by atoms with Gasteiger partial charge in [0, 0.05) is 5.69 Å². The van der Waals surface area contributed by atoms with Gasteiger partial charge in [0.1, 0.15) is 0 Å². The van der Waals surface area contributed by atoms with Crippen LogP contribution in [-0.4, -0.2) is 11.2 Å². The van der Waals surface area contributed by atoms with E-state index >= 15 is 0 Å². The van der Waals surface area contributed by atoms with E-state index in [2.05, 4.69) is 5.32 Å². The number of carbonyl (C=O) groups excluding carboxylic acids is 1. The van der Waals surface area contributed by atoms with Crippen molar-refractivity contribution in [2.24, 2.45) is 0 Å². The van der Waals surface area contributed by atoms with Crippen molar-refractivity contribution in [3.05, 3.63) is 60.7 Å². The monoisotopic (exact) mass is 228 g/mol. The zero-order valence-corrected chi connectivity index (χ0v) is 9.08. The summed E-state index contributed by atoms with van der Waals surface area (Å²) >= 11 is 0. The number of hydroxylamine groups is 1. The Bertz CT molecular complexity index is 485. The molecule has 2 N–H and O–H groups in total. The van der Waals surface area contributed by atoms with Crippen molar-refractivity contribution in [1.82, 2.24) is 0 Å². The highest BCUT2D eigenvalue weighted by molar-refractivity contribution is 5.99. The summed E-state index contributed by atoms with van der Waals surface area (Å²) in [5, 5.41) is 12.8. The van der Waals surface area contributed by atoms with Crippen LogP contribution in [0.5, 0.6) is 0 Å². The van der Waals surface area contributed by atoms with Gasteiger partial charge in [-0.1, -0.05) is 36.4 Å². The van der Waals surface area contributed by atoms with Crippen molar-refractivity contribution in [1.29, 1.82) is 0 Å². The molecule has 0 aromatic heterocycles. The van der Waals surface area contributed by atoms with Crippen molar-refractivity contribution in [3.8, 4) is 0 Å². The summed E-state index contributed by atoms with van der Waals surface area (Å²) in [6.45, 7) is 0. The van der Waals surface area contributed by atoms with E-state index in [1.165, 1.54) is 0 Å². The van der Waals surface area contributed by atoms with Gasteiger partial charge in [0.2, 0.25) is 0 Å². The van der Waals surface area contributed by atoms with Crippen LogP contribution in [0.15, 0.2) is 60.7 Å². The van der Waals surface area contributed by atoms with Gasteiger partial charge >= 0.3 is 6.03 Å². The highest BCUT2D eigenvalue weighted by Crippen LogP contribution is 2.13. The molecule has 0 unspecified atom stereocenters. The molecule has 17 heavy (non-hydrogen) atoms. The zero-order valence-electron chi connectivity index (χ0n) is 9.08. The minimum atomic E-state index is -0.595. The second-order valence-corrected chi connectivity index (χ2v) is 3.44. The van der Waals surface area contributed by atoms with Crippen LogP contribution < -0.4 is 10.4 Å². The Morgan fingerprint density at radius 2 is 1.47 bits per heavy atom. The number of nitrogens with one attached hydrogen (secondary N) is 1. The number of anilines is 2. The molecular weight excluding hydrogens is 216 g/mol. The van der Waals surface area contributed by atoms with Gasteiger partial charge in [-0.2, -0.15) is 5.06 Å². The fourth-order valence-corrected chi connectivity index (χ4v) is 1.38. The van der Waals surface area contributed by atoms with Crippen molar-refractivity contribution in [2.75, 3.05) is 10.4 Å². The molecule has 0 spiro atoms. The topological polar surface area (TPSA) is 52.6 Å². The molecule has 0 radical (unpaired) electrons. The maximum Gasteiger partial charge on any atom is 0.350 e. The molecule has 2 amide bonds. The van der Waals surface area contributed by atoms with Gasteiger partial charge < -0.3 is 5.32 Å². The summed E-state index contributed by atoms with van der Waals surface area (Å²) < 4.78 is 0. The number of rotatable bonds is 2. The molecule has 86 valence electrons. The van der Waals surface area contributed by atoms with Gasteiger partial charge in [0.15, 0.2) is 0 Å². The molecule has 0 atom stereocenters. The first-order valence-corrected chi connectivity index (χ1v) is 5.17. The minimum Gasteiger partial charge on any atom is -0.306 e. The first-order chi connectivity index (χ1) is 8.27. The van der Waals surface area contributed by atoms with Gasteiger partial charge in [0.05, 0.1) is 5.69 Å². The summed E-state index contributed by atoms with van der Waals surface area (Å²) in [7, 11) is 0. The molecule has 0 saturated heterocycles. The molecule has 0 heterocycles. The second kappa shape index (κ2) is 5.14. The van der Waals surface area contributed by atoms with Gasteiger partial charge in [-0.15, -0.1) is 0 Å². The minimum absolute atomic E-state index is 0.418. The van der Waals surface area contributed by atoms with Crippen LogP contribution in [-0.2, 0) is 0 Å². The molecule has 0 saturated carbocycles. The van der Waals surface area contributed by atoms with E-state index in [0.717, 1.165) is 0 Å². The Kier molecular flexibility index (Phi) is 3.37. The number of benzene rings is 2. The smallest absolute Gasteiger partial charge is 0.306 e. The number of urea groups is 1. The van der Waals surface area contributed by atoms with E-state index < -0.39 is 6.03 Å². The van der Waals surface area contributed by atoms with Gasteiger partial charge in [-0.05, 0) is 24.3 Å². The molecule has 2 rings (SSSR count). The third kappa shape index (κ3) is 2.83. The Morgan fingerprint density at radius 3 is 2.06 bits per heavy atom. The maximum absolute atomic E-state index is 11.7. The highest BCUT2D eigenvalue weighted by atomic mass is 16.5. The van der Waals surface area contributed by atoms with E-state index in [9.17, 15) is 10.0 Å². The number of amides is 2. The van der Waals surface area contributed by atoms with Crippen molar-refractivity contribution in [2.45, 2.75) is 0 Å². The summed E-state index contributed by atoms with van der Waals surface area (Å²) in [6, 6.07) is 16.9. The third-order valence-electron chi connectivity index (χ3n) is 2.22. The molecular formula is C13H12N2O2. The predicted molar refractivity (Wildman–Crippen MR) is 66.2 cm³/mol. The van der Waals surface area contributed by atoms with Crippen LogP contribution >= 0.6 is 0 Å². The van der Waals surface area contributed by atoms with E-state index in [1.807, 2.05) is 12.1 Å². The molecule has 4 heteroatoms. The van der Waals surface area contributed by atoms with E-state index in [4.69, 9.17) is 0 Å².